The predicted octanol–water partition coefficient (Wildman–Crippen LogP) is 4.14. The lowest BCUT2D eigenvalue weighted by atomic mass is 10.0. The first kappa shape index (κ1) is 23.8. The van der Waals surface area contributed by atoms with E-state index in [0.29, 0.717) is 13.0 Å². The fourth-order valence-electron chi connectivity index (χ4n) is 4.43. The largest absolute Gasteiger partial charge is 0.493 e. The molecule has 6 nitrogen and oxygen atoms in total. The molecule has 1 aliphatic heterocycles. The van der Waals surface area contributed by atoms with Crippen molar-refractivity contribution in [2.24, 2.45) is 0 Å². The van der Waals surface area contributed by atoms with Gasteiger partial charge in [-0.1, -0.05) is 54.6 Å². The molecule has 3 aromatic carbocycles. The topological polar surface area (TPSA) is 70.1 Å². The quantitative estimate of drug-likeness (QED) is 0.520. The molecule has 4 rings (SSSR count). The van der Waals surface area contributed by atoms with E-state index in [1.54, 1.807) is 6.92 Å². The fourth-order valence-corrected chi connectivity index (χ4v) is 4.43. The summed E-state index contributed by atoms with van der Waals surface area (Å²) < 4.78 is 6.20. The van der Waals surface area contributed by atoms with Crippen molar-refractivity contribution in [2.75, 3.05) is 32.8 Å². The average molecular weight is 461 g/mol. The van der Waals surface area contributed by atoms with Gasteiger partial charge in [0.2, 0.25) is 5.91 Å². The zero-order chi connectivity index (χ0) is 23.9. The molecule has 34 heavy (non-hydrogen) atoms. The number of amides is 1. The van der Waals surface area contributed by atoms with E-state index in [1.165, 1.54) is 16.3 Å². The van der Waals surface area contributed by atoms with Crippen molar-refractivity contribution in [1.82, 2.24) is 9.80 Å². The van der Waals surface area contributed by atoms with Gasteiger partial charge in [0.05, 0.1) is 6.61 Å². The van der Waals surface area contributed by atoms with Gasteiger partial charge in [0.1, 0.15) is 5.75 Å². The zero-order valence-electron chi connectivity index (χ0n) is 19.7. The summed E-state index contributed by atoms with van der Waals surface area (Å²) in [6.45, 7) is 6.12. The molecule has 0 saturated carbocycles. The molecule has 0 unspecified atom stereocenters. The third kappa shape index (κ3) is 6.35. The maximum absolute atomic E-state index is 11.6. The third-order valence-electron chi connectivity index (χ3n) is 6.43. The SMILES string of the molecule is CC(=O)N1CCN(Cc2ccc(CCC(=O)O)c(OCCc3ccc4ccccc4c3)c2)CC1. The summed E-state index contributed by atoms with van der Waals surface area (Å²) in [6, 6.07) is 20.9. The Morgan fingerprint density at radius 3 is 2.35 bits per heavy atom. The Morgan fingerprint density at radius 2 is 1.62 bits per heavy atom. The molecule has 0 aromatic heterocycles. The molecule has 178 valence electrons. The van der Waals surface area contributed by atoms with Crippen LogP contribution in [0.4, 0.5) is 0 Å². The number of hydrogen-bond acceptors (Lipinski definition) is 4. The summed E-state index contributed by atoms with van der Waals surface area (Å²) in [7, 11) is 0. The van der Waals surface area contributed by atoms with Crippen LogP contribution in [0.2, 0.25) is 0 Å². The first-order chi connectivity index (χ1) is 16.5. The van der Waals surface area contributed by atoms with Crippen LogP contribution in [0, 0.1) is 0 Å². The van der Waals surface area contributed by atoms with Crippen molar-refractivity contribution in [3.8, 4) is 5.75 Å². The summed E-state index contributed by atoms with van der Waals surface area (Å²) in [5.41, 5.74) is 3.27. The van der Waals surface area contributed by atoms with Crippen LogP contribution in [-0.2, 0) is 29.0 Å². The van der Waals surface area contributed by atoms with Crippen LogP contribution in [0.25, 0.3) is 10.8 Å². The van der Waals surface area contributed by atoms with E-state index in [4.69, 9.17) is 9.84 Å². The highest BCUT2D eigenvalue weighted by Gasteiger charge is 2.19. The van der Waals surface area contributed by atoms with E-state index in [0.717, 1.165) is 56.0 Å². The zero-order valence-corrected chi connectivity index (χ0v) is 19.7. The molecule has 0 spiro atoms. The van der Waals surface area contributed by atoms with Gasteiger partial charge in [0.15, 0.2) is 0 Å². The van der Waals surface area contributed by atoms with Gasteiger partial charge in [0.25, 0.3) is 0 Å². The number of piperazine rings is 1. The standard InChI is InChI=1S/C28H32N2O4/c1-21(31)30-15-13-29(14-16-30)20-23-7-9-25(10-11-28(32)33)27(19-23)34-17-12-22-6-8-24-4-2-3-5-26(24)18-22/h2-9,18-19H,10-17,20H2,1H3,(H,32,33). The summed E-state index contributed by atoms with van der Waals surface area (Å²) in [6.07, 6.45) is 1.30. The Balaban J connectivity index is 1.41. The van der Waals surface area contributed by atoms with Gasteiger partial charge in [-0.15, -0.1) is 0 Å². The van der Waals surface area contributed by atoms with Crippen molar-refractivity contribution in [3.63, 3.8) is 0 Å². The lowest BCUT2D eigenvalue weighted by Gasteiger charge is -2.34. The number of ether oxygens (including phenoxy) is 1. The third-order valence-corrected chi connectivity index (χ3v) is 6.43. The number of carboxylic acid groups (broad SMARTS) is 1. The van der Waals surface area contributed by atoms with Gasteiger partial charge in [-0.2, -0.15) is 0 Å². The van der Waals surface area contributed by atoms with Crippen LogP contribution < -0.4 is 4.74 Å². The maximum atomic E-state index is 11.6. The maximum Gasteiger partial charge on any atom is 0.303 e. The molecule has 0 atom stereocenters. The van der Waals surface area contributed by atoms with Crippen molar-refractivity contribution >= 4 is 22.6 Å². The number of fused-ring (bicyclic) bond motifs is 1. The van der Waals surface area contributed by atoms with Crippen LogP contribution in [0.3, 0.4) is 0 Å². The van der Waals surface area contributed by atoms with Crippen LogP contribution >= 0.6 is 0 Å². The second kappa shape index (κ2) is 11.2. The number of rotatable bonds is 9. The van der Waals surface area contributed by atoms with E-state index < -0.39 is 5.97 Å². The van der Waals surface area contributed by atoms with Gasteiger partial charge in [0, 0.05) is 52.5 Å². The first-order valence-corrected chi connectivity index (χ1v) is 11.9. The molecule has 3 aromatic rings. The molecule has 0 radical (unpaired) electrons. The molecule has 1 heterocycles. The number of carbonyl (C=O) groups excluding carboxylic acids is 1. The van der Waals surface area contributed by atoms with Gasteiger partial charge in [-0.25, -0.2) is 0 Å². The van der Waals surface area contributed by atoms with Gasteiger partial charge in [-0.05, 0) is 39.9 Å². The lowest BCUT2D eigenvalue weighted by Crippen LogP contribution is -2.47. The predicted molar refractivity (Wildman–Crippen MR) is 133 cm³/mol. The summed E-state index contributed by atoms with van der Waals surface area (Å²) in [5.74, 6) is 0.0842. The lowest BCUT2D eigenvalue weighted by molar-refractivity contribution is -0.137. The van der Waals surface area contributed by atoms with Crippen LogP contribution in [0.1, 0.15) is 30.0 Å². The van der Waals surface area contributed by atoms with E-state index >= 15 is 0 Å². The van der Waals surface area contributed by atoms with Gasteiger partial charge in [-0.3, -0.25) is 14.5 Å². The van der Waals surface area contributed by atoms with Crippen LogP contribution in [0.15, 0.2) is 60.7 Å². The molecule has 1 aliphatic rings. The number of carbonyl (C=O) groups is 2. The number of aliphatic carboxylic acids is 1. The monoisotopic (exact) mass is 460 g/mol. The van der Waals surface area contributed by atoms with E-state index in [-0.39, 0.29) is 12.3 Å². The molecule has 0 bridgehead atoms. The molecule has 1 amide bonds. The minimum Gasteiger partial charge on any atom is -0.493 e. The first-order valence-electron chi connectivity index (χ1n) is 11.9. The van der Waals surface area contributed by atoms with Crippen molar-refractivity contribution in [2.45, 2.75) is 32.7 Å². The summed E-state index contributed by atoms with van der Waals surface area (Å²) in [5, 5.41) is 11.6. The average Bonchev–Trinajstić information content (AvgIpc) is 2.83. The highest BCUT2D eigenvalue weighted by atomic mass is 16.5. The number of nitrogens with zero attached hydrogens (tertiary/aromatic N) is 2. The van der Waals surface area contributed by atoms with Gasteiger partial charge < -0.3 is 14.7 Å². The van der Waals surface area contributed by atoms with E-state index in [1.807, 2.05) is 23.1 Å². The Kier molecular flexibility index (Phi) is 7.80. The minimum atomic E-state index is -0.811. The highest BCUT2D eigenvalue weighted by Crippen LogP contribution is 2.24. The fraction of sp³-hybridized carbons (Fsp3) is 0.357. The summed E-state index contributed by atoms with van der Waals surface area (Å²) >= 11 is 0. The number of carboxylic acids is 1. The highest BCUT2D eigenvalue weighted by molar-refractivity contribution is 5.83. The van der Waals surface area contributed by atoms with Crippen molar-refractivity contribution in [1.29, 1.82) is 0 Å². The van der Waals surface area contributed by atoms with Gasteiger partial charge >= 0.3 is 5.97 Å². The van der Waals surface area contributed by atoms with Crippen molar-refractivity contribution < 1.29 is 19.4 Å². The molecule has 1 saturated heterocycles. The van der Waals surface area contributed by atoms with E-state index in [2.05, 4.69) is 47.4 Å². The molecule has 1 N–H and O–H groups in total. The molecule has 6 heteroatoms. The number of aryl methyl sites for hydroxylation is 1. The number of benzene rings is 3. The number of hydrogen-bond donors (Lipinski definition) is 1. The van der Waals surface area contributed by atoms with Crippen LogP contribution in [0.5, 0.6) is 5.75 Å². The smallest absolute Gasteiger partial charge is 0.303 e. The Labute approximate surface area is 200 Å². The molecule has 0 aliphatic carbocycles. The minimum absolute atomic E-state index is 0.0768. The van der Waals surface area contributed by atoms with Crippen LogP contribution in [-0.4, -0.2) is 59.6 Å². The normalized spacial score (nSPS) is 14.3. The molecular weight excluding hydrogens is 428 g/mol. The summed E-state index contributed by atoms with van der Waals surface area (Å²) in [4.78, 5) is 26.9. The molecular formula is C28H32N2O4. The Hall–Kier alpha value is -3.38. The van der Waals surface area contributed by atoms with Crippen molar-refractivity contribution in [3.05, 3.63) is 77.4 Å². The Morgan fingerprint density at radius 1 is 0.882 bits per heavy atom. The Bertz CT molecular complexity index is 1150. The molecule has 1 fully saturated rings. The second-order valence-electron chi connectivity index (χ2n) is 8.90. The van der Waals surface area contributed by atoms with E-state index in [9.17, 15) is 9.59 Å². The second-order valence-corrected chi connectivity index (χ2v) is 8.90.